The number of aliphatic hydroxyl groups excluding tert-OH is 1. The maximum absolute atomic E-state index is 11.6. The summed E-state index contributed by atoms with van der Waals surface area (Å²) in [6.45, 7) is 6.10. The van der Waals surface area contributed by atoms with E-state index in [1.54, 1.807) is 18.9 Å². The van der Waals surface area contributed by atoms with Gasteiger partial charge in [-0.3, -0.25) is 4.79 Å². The smallest absolute Gasteiger partial charge is 0.239 e. The van der Waals surface area contributed by atoms with Gasteiger partial charge in [0.1, 0.15) is 0 Å². The van der Waals surface area contributed by atoms with E-state index in [-0.39, 0.29) is 17.9 Å². The van der Waals surface area contributed by atoms with Crippen LogP contribution in [-0.2, 0) is 4.79 Å². The Labute approximate surface area is 86.1 Å². The first-order valence-corrected chi connectivity index (χ1v) is 5.05. The summed E-state index contributed by atoms with van der Waals surface area (Å²) in [7, 11) is 1.72. The van der Waals surface area contributed by atoms with Gasteiger partial charge in [-0.2, -0.15) is 0 Å². The molecule has 0 bridgehead atoms. The van der Waals surface area contributed by atoms with Crippen molar-refractivity contribution in [2.45, 2.75) is 39.3 Å². The van der Waals surface area contributed by atoms with Gasteiger partial charge in [0.2, 0.25) is 5.91 Å². The van der Waals surface area contributed by atoms with Crippen LogP contribution >= 0.6 is 0 Å². The second kappa shape index (κ2) is 5.98. The van der Waals surface area contributed by atoms with Crippen LogP contribution in [0, 0.1) is 5.92 Å². The number of amides is 1. The number of hydrogen-bond acceptors (Lipinski definition) is 3. The molecule has 0 aromatic rings. The predicted octanol–water partition coefficient (Wildman–Crippen LogP) is 0.199. The molecular weight excluding hydrogens is 180 g/mol. The zero-order valence-corrected chi connectivity index (χ0v) is 9.53. The lowest BCUT2D eigenvalue weighted by atomic mass is 10.0. The van der Waals surface area contributed by atoms with Crippen molar-refractivity contribution in [3.63, 3.8) is 0 Å². The second-order valence-corrected chi connectivity index (χ2v) is 4.17. The number of likely N-dealkylation sites (N-methyl/N-ethyl adjacent to an activating group) is 1. The summed E-state index contributed by atoms with van der Waals surface area (Å²) in [6, 6.07) is -0.436. The van der Waals surface area contributed by atoms with E-state index in [0.29, 0.717) is 13.0 Å². The fraction of sp³-hybridized carbons (Fsp3) is 0.900. The zero-order valence-electron chi connectivity index (χ0n) is 9.53. The van der Waals surface area contributed by atoms with Crippen molar-refractivity contribution >= 4 is 5.91 Å². The highest BCUT2D eigenvalue weighted by Gasteiger charge is 2.20. The van der Waals surface area contributed by atoms with Crippen molar-refractivity contribution in [3.05, 3.63) is 0 Å². The van der Waals surface area contributed by atoms with Crippen LogP contribution in [0.25, 0.3) is 0 Å². The lowest BCUT2D eigenvalue weighted by Gasteiger charge is -2.23. The summed E-state index contributed by atoms with van der Waals surface area (Å²) in [6.07, 6.45) is 0.216. The van der Waals surface area contributed by atoms with Crippen LogP contribution in [-0.4, -0.2) is 41.7 Å². The zero-order chi connectivity index (χ0) is 11.3. The van der Waals surface area contributed by atoms with Gasteiger partial charge >= 0.3 is 0 Å². The Bertz CT molecular complexity index is 181. The fourth-order valence-corrected chi connectivity index (χ4v) is 1.03. The molecule has 0 heterocycles. The van der Waals surface area contributed by atoms with Gasteiger partial charge < -0.3 is 15.7 Å². The largest absolute Gasteiger partial charge is 0.393 e. The molecule has 0 spiro atoms. The maximum Gasteiger partial charge on any atom is 0.239 e. The highest BCUT2D eigenvalue weighted by Crippen LogP contribution is 2.03. The third-order valence-corrected chi connectivity index (χ3v) is 2.26. The van der Waals surface area contributed by atoms with Gasteiger partial charge in [0.25, 0.3) is 0 Å². The lowest BCUT2D eigenvalue weighted by Crippen LogP contribution is -2.45. The van der Waals surface area contributed by atoms with Gasteiger partial charge in [0.05, 0.1) is 12.1 Å². The molecule has 4 heteroatoms. The molecule has 0 aromatic heterocycles. The SMILES string of the molecule is CC(O)CCN(C)C(=O)[C@@H](N)C(C)C. The normalized spacial score (nSPS) is 15.4. The van der Waals surface area contributed by atoms with E-state index >= 15 is 0 Å². The van der Waals surface area contributed by atoms with Crippen molar-refractivity contribution in [3.8, 4) is 0 Å². The van der Waals surface area contributed by atoms with E-state index in [1.807, 2.05) is 13.8 Å². The molecule has 2 atom stereocenters. The minimum absolute atomic E-state index is 0.0550. The third kappa shape index (κ3) is 4.58. The molecule has 3 N–H and O–H groups in total. The molecular formula is C10H22N2O2. The van der Waals surface area contributed by atoms with Crippen molar-refractivity contribution in [2.75, 3.05) is 13.6 Å². The van der Waals surface area contributed by atoms with Crippen molar-refractivity contribution < 1.29 is 9.90 Å². The number of nitrogens with two attached hydrogens (primary N) is 1. The van der Waals surface area contributed by atoms with Gasteiger partial charge in [-0.1, -0.05) is 13.8 Å². The van der Waals surface area contributed by atoms with Gasteiger partial charge in [-0.15, -0.1) is 0 Å². The monoisotopic (exact) mass is 202 g/mol. The Morgan fingerprint density at radius 3 is 2.29 bits per heavy atom. The van der Waals surface area contributed by atoms with E-state index in [2.05, 4.69) is 0 Å². The molecule has 4 nitrogen and oxygen atoms in total. The first-order chi connectivity index (χ1) is 6.36. The molecule has 0 saturated carbocycles. The number of carbonyl (C=O) groups excluding carboxylic acids is 1. The van der Waals surface area contributed by atoms with Crippen LogP contribution in [0.1, 0.15) is 27.2 Å². The van der Waals surface area contributed by atoms with Gasteiger partial charge in [0.15, 0.2) is 0 Å². The van der Waals surface area contributed by atoms with Crippen molar-refractivity contribution in [2.24, 2.45) is 11.7 Å². The van der Waals surface area contributed by atoms with Crippen molar-refractivity contribution in [1.29, 1.82) is 0 Å². The van der Waals surface area contributed by atoms with E-state index in [4.69, 9.17) is 10.8 Å². The Morgan fingerprint density at radius 1 is 1.43 bits per heavy atom. The van der Waals surface area contributed by atoms with Crippen LogP contribution in [0.15, 0.2) is 0 Å². The molecule has 0 aliphatic rings. The topological polar surface area (TPSA) is 66.6 Å². The average Bonchev–Trinajstić information content (AvgIpc) is 2.11. The summed E-state index contributed by atoms with van der Waals surface area (Å²) in [5, 5.41) is 9.06. The fourth-order valence-electron chi connectivity index (χ4n) is 1.03. The Morgan fingerprint density at radius 2 is 1.93 bits per heavy atom. The third-order valence-electron chi connectivity index (χ3n) is 2.26. The summed E-state index contributed by atoms with van der Waals surface area (Å²) in [4.78, 5) is 13.2. The molecule has 84 valence electrons. The maximum atomic E-state index is 11.6. The highest BCUT2D eigenvalue weighted by atomic mass is 16.3. The van der Waals surface area contributed by atoms with E-state index in [0.717, 1.165) is 0 Å². The quantitative estimate of drug-likeness (QED) is 0.669. The number of aliphatic hydroxyl groups is 1. The molecule has 14 heavy (non-hydrogen) atoms. The van der Waals surface area contributed by atoms with E-state index in [1.165, 1.54) is 0 Å². The molecule has 0 aliphatic carbocycles. The summed E-state index contributed by atoms with van der Waals surface area (Å²) in [5.74, 6) is 0.0946. The molecule has 1 amide bonds. The van der Waals surface area contributed by atoms with Crippen LogP contribution in [0.3, 0.4) is 0 Å². The first kappa shape index (κ1) is 13.4. The molecule has 0 radical (unpaired) electrons. The number of nitrogens with zero attached hydrogens (tertiary/aromatic N) is 1. The molecule has 0 saturated heterocycles. The predicted molar refractivity (Wildman–Crippen MR) is 56.7 cm³/mol. The van der Waals surface area contributed by atoms with Gasteiger partial charge in [-0.05, 0) is 19.3 Å². The lowest BCUT2D eigenvalue weighted by molar-refractivity contribution is -0.132. The summed E-state index contributed by atoms with van der Waals surface area (Å²) in [5.41, 5.74) is 5.71. The van der Waals surface area contributed by atoms with Crippen LogP contribution in [0.4, 0.5) is 0 Å². The summed E-state index contributed by atoms with van der Waals surface area (Å²) >= 11 is 0. The molecule has 1 unspecified atom stereocenters. The van der Waals surface area contributed by atoms with E-state index < -0.39 is 6.04 Å². The van der Waals surface area contributed by atoms with Crippen LogP contribution in [0.5, 0.6) is 0 Å². The summed E-state index contributed by atoms with van der Waals surface area (Å²) < 4.78 is 0. The average molecular weight is 202 g/mol. The number of carbonyl (C=O) groups is 1. The molecule has 0 fully saturated rings. The minimum atomic E-state index is -0.436. The standard InChI is InChI=1S/C10H22N2O2/c1-7(2)9(11)10(14)12(4)6-5-8(3)13/h7-9,13H,5-6,11H2,1-4H3/t8?,9-/m0/s1. The Kier molecular flexibility index (Phi) is 5.72. The highest BCUT2D eigenvalue weighted by molar-refractivity contribution is 5.81. The number of rotatable bonds is 5. The van der Waals surface area contributed by atoms with E-state index in [9.17, 15) is 4.79 Å². The van der Waals surface area contributed by atoms with Crippen molar-refractivity contribution in [1.82, 2.24) is 4.90 Å². The van der Waals surface area contributed by atoms with Crippen LogP contribution < -0.4 is 5.73 Å². The minimum Gasteiger partial charge on any atom is -0.393 e. The molecule has 0 aromatic carbocycles. The second-order valence-electron chi connectivity index (χ2n) is 4.17. The Balaban J connectivity index is 3.99. The molecule has 0 aliphatic heterocycles. The number of hydrogen-bond donors (Lipinski definition) is 2. The Hall–Kier alpha value is -0.610. The first-order valence-electron chi connectivity index (χ1n) is 5.05. The van der Waals surface area contributed by atoms with Gasteiger partial charge in [0, 0.05) is 13.6 Å². The van der Waals surface area contributed by atoms with Crippen LogP contribution in [0.2, 0.25) is 0 Å². The van der Waals surface area contributed by atoms with Gasteiger partial charge in [-0.25, -0.2) is 0 Å². The molecule has 0 rings (SSSR count).